The summed E-state index contributed by atoms with van der Waals surface area (Å²) in [4.78, 5) is 47.3. The molecule has 0 unspecified atom stereocenters. The van der Waals surface area contributed by atoms with Gasteiger partial charge in [-0.2, -0.15) is 0 Å². The zero-order valence-electron chi connectivity index (χ0n) is 20.8. The number of aromatic nitrogens is 2. The highest BCUT2D eigenvalue weighted by Crippen LogP contribution is 2.35. The normalized spacial score (nSPS) is 16.6. The van der Waals surface area contributed by atoms with Crippen molar-refractivity contribution in [2.75, 3.05) is 26.0 Å². The number of ether oxygens (including phenoxy) is 2. The molecule has 192 valence electrons. The summed E-state index contributed by atoms with van der Waals surface area (Å²) in [7, 11) is 3.29. The van der Waals surface area contributed by atoms with Crippen molar-refractivity contribution in [1.29, 1.82) is 0 Å². The Kier molecular flexibility index (Phi) is 7.30. The molecule has 37 heavy (non-hydrogen) atoms. The largest absolute Gasteiger partial charge is 0.478 e. The number of hydrogen-bond donors (Lipinski definition) is 2. The number of carbonyl (C=O) groups excluding carboxylic acids is 3. The van der Waals surface area contributed by atoms with E-state index in [1.165, 1.54) is 35.5 Å². The number of hydrogen-bond acceptors (Lipinski definition) is 7. The average Bonchev–Trinajstić information content (AvgIpc) is 3.18. The van der Waals surface area contributed by atoms with Crippen LogP contribution in [0.5, 0.6) is 17.2 Å². The van der Waals surface area contributed by atoms with Gasteiger partial charge in [-0.25, -0.2) is 4.98 Å². The number of benzene rings is 2. The molecule has 4 rings (SSSR count). The molecule has 11 heteroatoms. The fourth-order valence-corrected chi connectivity index (χ4v) is 3.86. The predicted octanol–water partition coefficient (Wildman–Crippen LogP) is 3.84. The number of anilines is 1. The van der Waals surface area contributed by atoms with Crippen LogP contribution in [0.25, 0.3) is 0 Å². The highest BCUT2D eigenvalue weighted by Gasteiger charge is 2.40. The number of rotatable bonds is 7. The van der Waals surface area contributed by atoms with Crippen LogP contribution in [-0.4, -0.2) is 58.8 Å². The van der Waals surface area contributed by atoms with E-state index in [4.69, 9.17) is 21.1 Å². The standard InChI is InChI=1S/C26H26ClN5O5/c1-15-13-30-22(14-29-15)31-23(33)17-9-18(12-19(10-17)37-26(2)7-8-28-25(26)35)36-21-6-5-16(11-20(21)27)24(34)32(3)4/h5-6,9-14H,7-8H2,1-4H3,(H,28,35)(H,30,31,33)/t26-/m0/s1. The molecule has 2 aromatic carbocycles. The maximum Gasteiger partial charge on any atom is 0.263 e. The van der Waals surface area contributed by atoms with Crippen molar-refractivity contribution in [2.24, 2.45) is 0 Å². The first-order valence-electron chi connectivity index (χ1n) is 11.5. The number of carbonyl (C=O) groups is 3. The highest BCUT2D eigenvalue weighted by molar-refractivity contribution is 6.32. The molecule has 1 aliphatic heterocycles. The van der Waals surface area contributed by atoms with Crippen molar-refractivity contribution in [1.82, 2.24) is 20.2 Å². The molecule has 0 bridgehead atoms. The van der Waals surface area contributed by atoms with Crippen LogP contribution >= 0.6 is 11.6 Å². The lowest BCUT2D eigenvalue weighted by Crippen LogP contribution is -2.40. The third kappa shape index (κ3) is 5.97. The van der Waals surface area contributed by atoms with Gasteiger partial charge in [0.2, 0.25) is 0 Å². The summed E-state index contributed by atoms with van der Waals surface area (Å²) in [5.41, 5.74) is 0.217. The Labute approximate surface area is 219 Å². The number of halogens is 1. The van der Waals surface area contributed by atoms with Crippen LogP contribution in [0.4, 0.5) is 5.82 Å². The molecule has 0 saturated carbocycles. The summed E-state index contributed by atoms with van der Waals surface area (Å²) in [5, 5.41) is 5.65. The molecule has 1 fully saturated rings. The third-order valence-corrected chi connectivity index (χ3v) is 5.98. The van der Waals surface area contributed by atoms with Crippen LogP contribution in [0.2, 0.25) is 5.02 Å². The average molecular weight is 524 g/mol. The number of nitrogens with one attached hydrogen (secondary N) is 2. The number of amides is 3. The third-order valence-electron chi connectivity index (χ3n) is 5.69. The van der Waals surface area contributed by atoms with Crippen molar-refractivity contribution >= 4 is 35.1 Å². The number of nitrogens with zero attached hydrogens (tertiary/aromatic N) is 3. The van der Waals surface area contributed by atoms with Crippen LogP contribution < -0.4 is 20.1 Å². The van der Waals surface area contributed by atoms with Crippen LogP contribution in [0.1, 0.15) is 39.8 Å². The molecule has 2 N–H and O–H groups in total. The van der Waals surface area contributed by atoms with Crippen molar-refractivity contribution in [3.8, 4) is 17.2 Å². The molecule has 0 aliphatic carbocycles. The fourth-order valence-electron chi connectivity index (χ4n) is 3.64. The van der Waals surface area contributed by atoms with Gasteiger partial charge in [-0.05, 0) is 44.2 Å². The minimum Gasteiger partial charge on any atom is -0.478 e. The Morgan fingerprint density at radius 2 is 1.84 bits per heavy atom. The molecule has 0 radical (unpaired) electrons. The first kappa shape index (κ1) is 25.9. The van der Waals surface area contributed by atoms with Gasteiger partial charge in [0, 0.05) is 44.3 Å². The van der Waals surface area contributed by atoms with E-state index in [1.54, 1.807) is 46.1 Å². The Hall–Kier alpha value is -4.18. The van der Waals surface area contributed by atoms with Crippen molar-refractivity contribution in [3.05, 3.63) is 70.6 Å². The van der Waals surface area contributed by atoms with Crippen molar-refractivity contribution < 1.29 is 23.9 Å². The van der Waals surface area contributed by atoms with Gasteiger partial charge < -0.3 is 25.0 Å². The van der Waals surface area contributed by atoms with Gasteiger partial charge in [-0.15, -0.1) is 0 Å². The van der Waals surface area contributed by atoms with Crippen LogP contribution in [0.15, 0.2) is 48.8 Å². The van der Waals surface area contributed by atoms with Gasteiger partial charge >= 0.3 is 0 Å². The first-order valence-corrected chi connectivity index (χ1v) is 11.8. The molecule has 3 aromatic rings. The lowest BCUT2D eigenvalue weighted by atomic mass is 10.1. The zero-order chi connectivity index (χ0) is 26.7. The molecule has 0 spiro atoms. The molecular formula is C26H26ClN5O5. The first-order chi connectivity index (χ1) is 17.5. The van der Waals surface area contributed by atoms with E-state index < -0.39 is 11.5 Å². The summed E-state index contributed by atoms with van der Waals surface area (Å²) >= 11 is 6.39. The monoisotopic (exact) mass is 523 g/mol. The molecule has 10 nitrogen and oxygen atoms in total. The molecule has 1 aliphatic rings. The molecule has 1 aromatic heterocycles. The minimum absolute atomic E-state index is 0.201. The van der Waals surface area contributed by atoms with E-state index in [0.29, 0.717) is 24.2 Å². The summed E-state index contributed by atoms with van der Waals surface area (Å²) in [5.74, 6) is 0.118. The lowest BCUT2D eigenvalue weighted by molar-refractivity contribution is -0.131. The summed E-state index contributed by atoms with van der Waals surface area (Å²) in [6.07, 6.45) is 3.45. The van der Waals surface area contributed by atoms with E-state index >= 15 is 0 Å². The Bertz CT molecular complexity index is 1360. The zero-order valence-corrected chi connectivity index (χ0v) is 21.5. The molecule has 1 atom stereocenters. The van der Waals surface area contributed by atoms with Gasteiger partial charge in [-0.1, -0.05) is 11.6 Å². The van der Waals surface area contributed by atoms with Gasteiger partial charge in [0.25, 0.3) is 17.7 Å². The van der Waals surface area contributed by atoms with Gasteiger partial charge in [0.1, 0.15) is 17.2 Å². The Balaban J connectivity index is 1.65. The maximum atomic E-state index is 13.1. The van der Waals surface area contributed by atoms with Gasteiger partial charge in [0.15, 0.2) is 11.4 Å². The van der Waals surface area contributed by atoms with E-state index in [9.17, 15) is 14.4 Å². The smallest absolute Gasteiger partial charge is 0.263 e. The van der Waals surface area contributed by atoms with Crippen LogP contribution in [-0.2, 0) is 4.79 Å². The van der Waals surface area contributed by atoms with E-state index in [-0.39, 0.29) is 45.5 Å². The van der Waals surface area contributed by atoms with E-state index in [0.717, 1.165) is 0 Å². The lowest BCUT2D eigenvalue weighted by Gasteiger charge is -2.23. The minimum atomic E-state index is -1.10. The summed E-state index contributed by atoms with van der Waals surface area (Å²) in [6.45, 7) is 3.96. The second-order valence-corrected chi connectivity index (χ2v) is 9.38. The molecular weight excluding hydrogens is 498 g/mol. The van der Waals surface area contributed by atoms with Gasteiger partial charge in [-0.3, -0.25) is 19.4 Å². The maximum absolute atomic E-state index is 13.1. The molecule has 1 saturated heterocycles. The molecule has 3 amide bonds. The quantitative estimate of drug-likeness (QED) is 0.482. The molecule has 2 heterocycles. The fraction of sp³-hybridized carbons (Fsp3) is 0.269. The predicted molar refractivity (Wildman–Crippen MR) is 137 cm³/mol. The SMILES string of the molecule is Cc1cnc(NC(=O)c2cc(Oc3ccc(C(=O)N(C)C)cc3Cl)cc(O[C@@]3(C)CCNC3=O)c2)cn1. The van der Waals surface area contributed by atoms with E-state index in [2.05, 4.69) is 20.6 Å². The number of aryl methyl sites for hydroxylation is 1. The highest BCUT2D eigenvalue weighted by atomic mass is 35.5. The van der Waals surface area contributed by atoms with E-state index in [1.807, 2.05) is 0 Å². The van der Waals surface area contributed by atoms with Gasteiger partial charge in [0.05, 0.1) is 23.1 Å². The Morgan fingerprint density at radius 1 is 1.08 bits per heavy atom. The summed E-state index contributed by atoms with van der Waals surface area (Å²) in [6, 6.07) is 9.26. The van der Waals surface area contributed by atoms with Crippen molar-refractivity contribution in [2.45, 2.75) is 25.9 Å². The topological polar surface area (TPSA) is 123 Å². The second-order valence-electron chi connectivity index (χ2n) is 8.98. The Morgan fingerprint density at radius 3 is 2.46 bits per heavy atom. The van der Waals surface area contributed by atoms with Crippen LogP contribution in [0, 0.1) is 6.92 Å². The van der Waals surface area contributed by atoms with Crippen molar-refractivity contribution in [3.63, 3.8) is 0 Å². The summed E-state index contributed by atoms with van der Waals surface area (Å²) < 4.78 is 12.0. The second kappa shape index (κ2) is 10.4. The van der Waals surface area contributed by atoms with Crippen LogP contribution in [0.3, 0.4) is 0 Å².